The number of hydrogen-bond donors (Lipinski definition) is 1. The van der Waals surface area contributed by atoms with Crippen LogP contribution in [0.25, 0.3) is 0 Å². The third kappa shape index (κ3) is 2.78. The van der Waals surface area contributed by atoms with Gasteiger partial charge in [0.15, 0.2) is 0 Å². The van der Waals surface area contributed by atoms with Gasteiger partial charge in [-0.3, -0.25) is 0 Å². The van der Waals surface area contributed by atoms with E-state index >= 15 is 0 Å². The second kappa shape index (κ2) is 5.71. The monoisotopic (exact) mass is 264 g/mol. The Labute approximate surface area is 106 Å². The summed E-state index contributed by atoms with van der Waals surface area (Å²) < 4.78 is 13.1. The molecule has 0 spiro atoms. The van der Waals surface area contributed by atoms with E-state index in [4.69, 9.17) is 11.6 Å². The summed E-state index contributed by atoms with van der Waals surface area (Å²) >= 11 is 6.07. The van der Waals surface area contributed by atoms with Crippen molar-refractivity contribution in [3.8, 4) is 0 Å². The third-order valence-electron chi connectivity index (χ3n) is 2.72. The van der Waals surface area contributed by atoms with Crippen molar-refractivity contribution in [2.45, 2.75) is 13.0 Å². The molecule has 1 aromatic carbocycles. The molecule has 16 heavy (non-hydrogen) atoms. The van der Waals surface area contributed by atoms with E-state index in [1.165, 1.54) is 12.1 Å². The van der Waals surface area contributed by atoms with Crippen LogP contribution in [0, 0.1) is 5.82 Å². The number of anilines is 1. The minimum Gasteiger partial charge on any atom is -0.365 e. The largest absolute Gasteiger partial charge is 0.365 e. The number of nitrogens with one attached hydrogen (secondary N) is 1. The van der Waals surface area contributed by atoms with Crippen LogP contribution in [-0.4, -0.2) is 25.7 Å². The van der Waals surface area contributed by atoms with Gasteiger partial charge in [0.2, 0.25) is 0 Å². The lowest BCUT2D eigenvalue weighted by molar-refractivity contribution is 0.499. The van der Waals surface area contributed by atoms with Crippen molar-refractivity contribution in [3.05, 3.63) is 29.0 Å². The summed E-state index contributed by atoms with van der Waals surface area (Å²) in [6.45, 7) is 4.79. The van der Waals surface area contributed by atoms with Crippen molar-refractivity contribution >= 4 is 29.7 Å². The Morgan fingerprint density at radius 1 is 1.50 bits per heavy atom. The van der Waals surface area contributed by atoms with E-state index in [1.807, 2.05) is 0 Å². The lowest BCUT2D eigenvalue weighted by Gasteiger charge is -2.36. The average molecular weight is 265 g/mol. The van der Waals surface area contributed by atoms with Crippen molar-refractivity contribution in [3.63, 3.8) is 0 Å². The second-order valence-corrected chi connectivity index (χ2v) is 4.25. The molecule has 0 saturated carbocycles. The molecule has 1 aliphatic heterocycles. The highest BCUT2D eigenvalue weighted by molar-refractivity contribution is 6.33. The van der Waals surface area contributed by atoms with E-state index in [-0.39, 0.29) is 18.2 Å². The summed E-state index contributed by atoms with van der Waals surface area (Å²) in [5.74, 6) is -0.236. The fraction of sp³-hybridized carbons (Fsp3) is 0.455. The van der Waals surface area contributed by atoms with Crippen LogP contribution in [0.2, 0.25) is 5.02 Å². The van der Waals surface area contributed by atoms with E-state index in [1.54, 1.807) is 6.07 Å². The Hall–Kier alpha value is -0.510. The van der Waals surface area contributed by atoms with Crippen LogP contribution in [0.15, 0.2) is 18.2 Å². The van der Waals surface area contributed by atoms with Gasteiger partial charge < -0.3 is 10.2 Å². The molecule has 0 radical (unpaired) electrons. The van der Waals surface area contributed by atoms with Gasteiger partial charge in [0.05, 0.1) is 10.7 Å². The fourth-order valence-corrected chi connectivity index (χ4v) is 2.13. The number of piperazine rings is 1. The summed E-state index contributed by atoms with van der Waals surface area (Å²) in [7, 11) is 0. The van der Waals surface area contributed by atoms with Crippen LogP contribution in [-0.2, 0) is 0 Å². The van der Waals surface area contributed by atoms with E-state index in [0.717, 1.165) is 25.3 Å². The molecule has 1 aliphatic rings. The van der Waals surface area contributed by atoms with Gasteiger partial charge in [-0.25, -0.2) is 4.39 Å². The molecule has 0 aromatic heterocycles. The molecule has 0 aliphatic carbocycles. The minimum atomic E-state index is -0.236. The van der Waals surface area contributed by atoms with Crippen molar-refractivity contribution in [1.82, 2.24) is 5.32 Å². The van der Waals surface area contributed by atoms with Crippen molar-refractivity contribution in [2.24, 2.45) is 0 Å². The van der Waals surface area contributed by atoms with Gasteiger partial charge in [0.25, 0.3) is 0 Å². The Morgan fingerprint density at radius 2 is 2.25 bits per heavy atom. The molecule has 1 saturated heterocycles. The molecule has 0 unspecified atom stereocenters. The Kier molecular flexibility index (Phi) is 4.84. The summed E-state index contributed by atoms with van der Waals surface area (Å²) in [4.78, 5) is 2.14. The highest BCUT2D eigenvalue weighted by Crippen LogP contribution is 2.28. The smallest absolute Gasteiger partial charge is 0.125 e. The summed E-state index contributed by atoms with van der Waals surface area (Å²) in [6, 6.07) is 4.85. The van der Waals surface area contributed by atoms with Crippen molar-refractivity contribution < 1.29 is 4.39 Å². The van der Waals surface area contributed by atoms with Gasteiger partial charge in [-0.1, -0.05) is 11.6 Å². The lowest BCUT2D eigenvalue weighted by atomic mass is 10.2. The molecule has 90 valence electrons. The second-order valence-electron chi connectivity index (χ2n) is 3.84. The lowest BCUT2D eigenvalue weighted by Crippen LogP contribution is -2.50. The number of nitrogens with zero attached hydrogens (tertiary/aromatic N) is 1. The molecule has 0 bridgehead atoms. The maximum Gasteiger partial charge on any atom is 0.125 e. The first-order valence-corrected chi connectivity index (χ1v) is 5.48. The van der Waals surface area contributed by atoms with Crippen LogP contribution in [0.3, 0.4) is 0 Å². The Balaban J connectivity index is 0.00000128. The summed E-state index contributed by atoms with van der Waals surface area (Å²) in [6.07, 6.45) is 0. The predicted octanol–water partition coefficient (Wildman–Crippen LogP) is 2.70. The summed E-state index contributed by atoms with van der Waals surface area (Å²) in [5, 5.41) is 3.91. The van der Waals surface area contributed by atoms with E-state index in [2.05, 4.69) is 17.1 Å². The predicted molar refractivity (Wildman–Crippen MR) is 68.3 cm³/mol. The first-order chi connectivity index (χ1) is 7.18. The van der Waals surface area contributed by atoms with Crippen LogP contribution in [0.4, 0.5) is 10.1 Å². The first-order valence-electron chi connectivity index (χ1n) is 5.11. The first kappa shape index (κ1) is 13.6. The van der Waals surface area contributed by atoms with Gasteiger partial charge in [-0.2, -0.15) is 0 Å². The molecular weight excluding hydrogens is 250 g/mol. The maximum absolute atomic E-state index is 13.1. The molecule has 1 fully saturated rings. The van der Waals surface area contributed by atoms with Gasteiger partial charge >= 0.3 is 0 Å². The molecule has 2 rings (SSSR count). The Morgan fingerprint density at radius 3 is 2.94 bits per heavy atom. The Bertz CT molecular complexity index is 360. The van der Waals surface area contributed by atoms with Gasteiger partial charge in [-0.15, -0.1) is 12.4 Å². The normalized spacial score (nSPS) is 20.4. The number of benzene rings is 1. The SMILES string of the molecule is C[C@@H]1CNCCN1c1cc(F)ccc1Cl.Cl. The van der Waals surface area contributed by atoms with Crippen molar-refractivity contribution in [1.29, 1.82) is 0 Å². The molecule has 5 heteroatoms. The van der Waals surface area contributed by atoms with Crippen LogP contribution < -0.4 is 10.2 Å². The topological polar surface area (TPSA) is 15.3 Å². The van der Waals surface area contributed by atoms with Crippen LogP contribution >= 0.6 is 24.0 Å². The number of hydrogen-bond acceptors (Lipinski definition) is 2. The highest BCUT2D eigenvalue weighted by Gasteiger charge is 2.20. The number of halogens is 3. The van der Waals surface area contributed by atoms with Gasteiger partial charge in [0.1, 0.15) is 5.82 Å². The fourth-order valence-electron chi connectivity index (χ4n) is 1.90. The van der Waals surface area contributed by atoms with Crippen LogP contribution in [0.5, 0.6) is 0 Å². The molecule has 0 amide bonds. The quantitative estimate of drug-likeness (QED) is 0.839. The molecule has 1 aromatic rings. The zero-order valence-electron chi connectivity index (χ0n) is 9.04. The highest BCUT2D eigenvalue weighted by atomic mass is 35.5. The van der Waals surface area contributed by atoms with E-state index < -0.39 is 0 Å². The van der Waals surface area contributed by atoms with Crippen LogP contribution in [0.1, 0.15) is 6.92 Å². The molecular formula is C11H15Cl2FN2. The molecule has 1 atom stereocenters. The van der Waals surface area contributed by atoms with Gasteiger partial charge in [-0.05, 0) is 25.1 Å². The van der Waals surface area contributed by atoms with E-state index in [0.29, 0.717) is 11.1 Å². The number of rotatable bonds is 1. The maximum atomic E-state index is 13.1. The average Bonchev–Trinajstić information content (AvgIpc) is 2.23. The van der Waals surface area contributed by atoms with E-state index in [9.17, 15) is 4.39 Å². The standard InChI is InChI=1S/C11H14ClFN2.ClH/c1-8-7-14-4-5-15(8)11-6-9(13)2-3-10(11)12;/h2-3,6,8,14H,4-5,7H2,1H3;1H/t8-;/m1./s1. The molecule has 1 N–H and O–H groups in total. The van der Waals surface area contributed by atoms with Crippen molar-refractivity contribution in [2.75, 3.05) is 24.5 Å². The molecule has 1 heterocycles. The molecule has 2 nitrogen and oxygen atoms in total. The zero-order chi connectivity index (χ0) is 10.8. The summed E-state index contributed by atoms with van der Waals surface area (Å²) in [5.41, 5.74) is 0.797. The zero-order valence-corrected chi connectivity index (χ0v) is 10.6. The minimum absolute atomic E-state index is 0. The van der Waals surface area contributed by atoms with Gasteiger partial charge in [0, 0.05) is 25.7 Å². The third-order valence-corrected chi connectivity index (χ3v) is 3.04.